The molecule has 20 heavy (non-hydrogen) atoms. The Morgan fingerprint density at radius 2 is 1.85 bits per heavy atom. The normalized spacial score (nSPS) is 20.9. The van der Waals surface area contributed by atoms with Gasteiger partial charge in [-0.05, 0) is 70.4 Å². The van der Waals surface area contributed by atoms with Gasteiger partial charge in [0.15, 0.2) is 0 Å². The van der Waals surface area contributed by atoms with Crippen LogP contribution in [0.2, 0.25) is 10.0 Å². The molecule has 1 aromatic rings. The van der Waals surface area contributed by atoms with E-state index in [0.29, 0.717) is 11.1 Å². The Morgan fingerprint density at radius 1 is 1.20 bits per heavy atom. The minimum Gasteiger partial charge on any atom is -0.307 e. The molecule has 1 aliphatic heterocycles. The van der Waals surface area contributed by atoms with Crippen molar-refractivity contribution in [1.29, 1.82) is 0 Å². The highest BCUT2D eigenvalue weighted by atomic mass is 35.5. The molecule has 0 saturated carbocycles. The van der Waals surface area contributed by atoms with Crippen molar-refractivity contribution in [3.05, 3.63) is 33.8 Å². The molecule has 112 valence electrons. The van der Waals surface area contributed by atoms with Gasteiger partial charge >= 0.3 is 0 Å². The summed E-state index contributed by atoms with van der Waals surface area (Å²) in [5.41, 5.74) is 1.12. The van der Waals surface area contributed by atoms with E-state index in [1.807, 2.05) is 18.2 Å². The van der Waals surface area contributed by atoms with Gasteiger partial charge < -0.3 is 10.2 Å². The van der Waals surface area contributed by atoms with Gasteiger partial charge in [0.05, 0.1) is 0 Å². The van der Waals surface area contributed by atoms with E-state index in [1.165, 1.54) is 25.9 Å². The number of nitrogens with one attached hydrogen (secondary N) is 1. The summed E-state index contributed by atoms with van der Waals surface area (Å²) in [4.78, 5) is 2.41. The molecule has 2 rings (SSSR count). The Morgan fingerprint density at radius 3 is 2.45 bits per heavy atom. The van der Waals surface area contributed by atoms with E-state index in [1.54, 1.807) is 0 Å². The summed E-state index contributed by atoms with van der Waals surface area (Å²) in [5, 5.41) is 5.13. The fourth-order valence-electron chi connectivity index (χ4n) is 3.00. The first-order valence-electron chi connectivity index (χ1n) is 7.37. The average Bonchev–Trinajstić information content (AvgIpc) is 2.39. The van der Waals surface area contributed by atoms with E-state index in [0.717, 1.165) is 16.5 Å². The van der Waals surface area contributed by atoms with Crippen LogP contribution in [0.25, 0.3) is 0 Å². The SMILES string of the molecule is CC(NC(C)C1CCN(C)CC1)c1ccc(Cl)cc1Cl. The maximum Gasteiger partial charge on any atom is 0.0468 e. The second kappa shape index (κ2) is 7.13. The summed E-state index contributed by atoms with van der Waals surface area (Å²) in [6, 6.07) is 6.49. The predicted molar refractivity (Wildman–Crippen MR) is 87.7 cm³/mol. The number of benzene rings is 1. The van der Waals surface area contributed by atoms with E-state index >= 15 is 0 Å². The maximum absolute atomic E-state index is 6.28. The van der Waals surface area contributed by atoms with Gasteiger partial charge in [0.25, 0.3) is 0 Å². The zero-order valence-corrected chi connectivity index (χ0v) is 14.0. The Kier molecular flexibility index (Phi) is 5.74. The van der Waals surface area contributed by atoms with Gasteiger partial charge in [-0.25, -0.2) is 0 Å². The Bertz CT molecular complexity index is 442. The quantitative estimate of drug-likeness (QED) is 0.887. The third kappa shape index (κ3) is 4.11. The van der Waals surface area contributed by atoms with E-state index in [9.17, 15) is 0 Å². The van der Waals surface area contributed by atoms with Gasteiger partial charge in [0.1, 0.15) is 0 Å². The van der Waals surface area contributed by atoms with Gasteiger partial charge in [0, 0.05) is 22.1 Å². The highest BCUT2D eigenvalue weighted by Crippen LogP contribution is 2.28. The molecule has 1 N–H and O–H groups in total. The molecule has 2 unspecified atom stereocenters. The number of piperidine rings is 1. The molecule has 0 spiro atoms. The molecule has 1 fully saturated rings. The summed E-state index contributed by atoms with van der Waals surface area (Å²) < 4.78 is 0. The Labute approximate surface area is 132 Å². The van der Waals surface area contributed by atoms with Crippen LogP contribution in [-0.4, -0.2) is 31.1 Å². The largest absolute Gasteiger partial charge is 0.307 e. The van der Waals surface area contributed by atoms with Crippen LogP contribution in [0.4, 0.5) is 0 Å². The van der Waals surface area contributed by atoms with Crippen LogP contribution in [0.15, 0.2) is 18.2 Å². The smallest absolute Gasteiger partial charge is 0.0468 e. The zero-order valence-electron chi connectivity index (χ0n) is 12.5. The fraction of sp³-hybridized carbons (Fsp3) is 0.625. The number of halogens is 2. The molecule has 2 nitrogen and oxygen atoms in total. The van der Waals surface area contributed by atoms with Gasteiger partial charge in [-0.1, -0.05) is 29.3 Å². The summed E-state index contributed by atoms with van der Waals surface area (Å²) in [6.45, 7) is 6.86. The number of hydrogen-bond acceptors (Lipinski definition) is 2. The van der Waals surface area contributed by atoms with Crippen molar-refractivity contribution in [2.24, 2.45) is 5.92 Å². The number of likely N-dealkylation sites (tertiary alicyclic amines) is 1. The third-order valence-electron chi connectivity index (χ3n) is 4.41. The second-order valence-corrected chi connectivity index (χ2v) is 6.83. The molecule has 1 heterocycles. The van der Waals surface area contributed by atoms with Gasteiger partial charge in [-0.15, -0.1) is 0 Å². The van der Waals surface area contributed by atoms with Crippen molar-refractivity contribution < 1.29 is 0 Å². The van der Waals surface area contributed by atoms with Crippen LogP contribution < -0.4 is 5.32 Å². The van der Waals surface area contributed by atoms with Crippen molar-refractivity contribution >= 4 is 23.2 Å². The third-order valence-corrected chi connectivity index (χ3v) is 4.97. The van der Waals surface area contributed by atoms with E-state index in [-0.39, 0.29) is 6.04 Å². The van der Waals surface area contributed by atoms with Gasteiger partial charge in [-0.3, -0.25) is 0 Å². The summed E-state index contributed by atoms with van der Waals surface area (Å²) in [5.74, 6) is 0.750. The first-order chi connectivity index (χ1) is 9.47. The molecule has 0 aliphatic carbocycles. The lowest BCUT2D eigenvalue weighted by Gasteiger charge is -2.34. The molecule has 1 aromatic carbocycles. The monoisotopic (exact) mass is 314 g/mol. The maximum atomic E-state index is 6.28. The fourth-order valence-corrected chi connectivity index (χ4v) is 3.57. The zero-order chi connectivity index (χ0) is 14.7. The van der Waals surface area contributed by atoms with Crippen molar-refractivity contribution in [1.82, 2.24) is 10.2 Å². The first-order valence-corrected chi connectivity index (χ1v) is 8.12. The standard InChI is InChI=1S/C16H24Cl2N2/c1-11(13-6-8-20(3)9-7-13)19-12(2)15-5-4-14(17)10-16(15)18/h4-5,10-13,19H,6-9H2,1-3H3. The molecule has 0 aromatic heterocycles. The van der Waals surface area contributed by atoms with E-state index < -0.39 is 0 Å². The molecular formula is C16H24Cl2N2. The minimum atomic E-state index is 0.245. The predicted octanol–water partition coefficient (Wildman–Crippen LogP) is 4.37. The van der Waals surface area contributed by atoms with Crippen molar-refractivity contribution in [3.63, 3.8) is 0 Å². The van der Waals surface area contributed by atoms with Crippen LogP contribution in [0.1, 0.15) is 38.3 Å². The molecule has 0 amide bonds. The topological polar surface area (TPSA) is 15.3 Å². The van der Waals surface area contributed by atoms with Crippen LogP contribution in [0.5, 0.6) is 0 Å². The highest BCUT2D eigenvalue weighted by molar-refractivity contribution is 6.35. The van der Waals surface area contributed by atoms with Crippen molar-refractivity contribution in [2.45, 2.75) is 38.8 Å². The summed E-state index contributed by atoms with van der Waals surface area (Å²) in [7, 11) is 2.20. The second-order valence-electron chi connectivity index (χ2n) is 5.98. The van der Waals surface area contributed by atoms with E-state index in [2.05, 4.69) is 31.1 Å². The van der Waals surface area contributed by atoms with Gasteiger partial charge in [-0.2, -0.15) is 0 Å². The lowest BCUT2D eigenvalue weighted by atomic mass is 9.90. The average molecular weight is 315 g/mol. The minimum absolute atomic E-state index is 0.245. The molecule has 4 heteroatoms. The van der Waals surface area contributed by atoms with E-state index in [4.69, 9.17) is 23.2 Å². The molecular weight excluding hydrogens is 291 g/mol. The number of nitrogens with zero attached hydrogens (tertiary/aromatic N) is 1. The molecule has 0 radical (unpaired) electrons. The lowest BCUT2D eigenvalue weighted by molar-refractivity contribution is 0.185. The number of rotatable bonds is 4. The molecule has 1 saturated heterocycles. The van der Waals surface area contributed by atoms with Crippen LogP contribution in [0, 0.1) is 5.92 Å². The van der Waals surface area contributed by atoms with Crippen LogP contribution in [-0.2, 0) is 0 Å². The van der Waals surface area contributed by atoms with Crippen molar-refractivity contribution in [3.8, 4) is 0 Å². The highest BCUT2D eigenvalue weighted by Gasteiger charge is 2.23. The molecule has 2 atom stereocenters. The first kappa shape index (κ1) is 16.1. The van der Waals surface area contributed by atoms with Crippen LogP contribution in [0.3, 0.4) is 0 Å². The molecule has 0 bridgehead atoms. The lowest BCUT2D eigenvalue weighted by Crippen LogP contribution is -2.41. The summed E-state index contributed by atoms with van der Waals surface area (Å²) in [6.07, 6.45) is 2.54. The van der Waals surface area contributed by atoms with Crippen LogP contribution >= 0.6 is 23.2 Å². The summed E-state index contributed by atoms with van der Waals surface area (Å²) >= 11 is 12.2. The van der Waals surface area contributed by atoms with Crippen molar-refractivity contribution in [2.75, 3.05) is 20.1 Å². The molecule has 1 aliphatic rings. The number of hydrogen-bond donors (Lipinski definition) is 1. The van der Waals surface area contributed by atoms with Gasteiger partial charge in [0.2, 0.25) is 0 Å². The Balaban J connectivity index is 1.95. The Hall–Kier alpha value is -0.280.